The number of guanidine groups is 1. The molecule has 4 rings (SSSR count). The molecule has 0 amide bonds. The van der Waals surface area contributed by atoms with Crippen molar-refractivity contribution >= 4 is 33.6 Å². The Hall–Kier alpha value is -2.60. The van der Waals surface area contributed by atoms with Crippen molar-refractivity contribution in [3.05, 3.63) is 29.8 Å². The Bertz CT molecular complexity index is 1110. The number of halogens is 2. The summed E-state index contributed by atoms with van der Waals surface area (Å²) >= 11 is 5.97. The number of aromatic nitrogens is 4. The van der Waals surface area contributed by atoms with Crippen LogP contribution in [0.1, 0.15) is 24.7 Å². The molecule has 1 fully saturated rings. The molecule has 1 unspecified atom stereocenters. The average molecular weight is 470 g/mol. The lowest BCUT2D eigenvalue weighted by Gasteiger charge is -2.32. The monoisotopic (exact) mass is 469 g/mol. The van der Waals surface area contributed by atoms with Gasteiger partial charge in [0.25, 0.3) is 0 Å². The molecule has 3 heterocycles. The van der Waals surface area contributed by atoms with Gasteiger partial charge in [-0.1, -0.05) is 0 Å². The number of aliphatic imine (C=N–C) groups is 2. The third kappa shape index (κ3) is 5.18. The molecule has 0 spiro atoms. The number of likely N-dealkylation sites (tertiary alicyclic amines) is 1. The predicted molar refractivity (Wildman–Crippen MR) is 112 cm³/mol. The van der Waals surface area contributed by atoms with Crippen LogP contribution < -0.4 is 4.74 Å². The van der Waals surface area contributed by atoms with E-state index in [4.69, 9.17) is 16.3 Å². The Balaban J connectivity index is 1.32. The van der Waals surface area contributed by atoms with Crippen LogP contribution in [0.2, 0.25) is 0 Å². The van der Waals surface area contributed by atoms with Crippen molar-refractivity contribution in [1.29, 1.82) is 0 Å². The molecule has 0 saturated carbocycles. The molecule has 0 bridgehead atoms. The molecule has 2 aliphatic rings. The fourth-order valence-corrected chi connectivity index (χ4v) is 4.08. The van der Waals surface area contributed by atoms with E-state index in [0.717, 1.165) is 38.3 Å². The van der Waals surface area contributed by atoms with Crippen molar-refractivity contribution in [3.63, 3.8) is 0 Å². The number of rotatable bonds is 5. The second kappa shape index (κ2) is 8.87. The van der Waals surface area contributed by atoms with Gasteiger partial charge in [0.05, 0.1) is 22.9 Å². The Morgan fingerprint density at radius 1 is 1.29 bits per heavy atom. The third-order valence-electron chi connectivity index (χ3n) is 4.99. The van der Waals surface area contributed by atoms with Gasteiger partial charge >= 0.3 is 0 Å². The van der Waals surface area contributed by atoms with Crippen LogP contribution in [0.15, 0.2) is 33.1 Å². The molecule has 0 aliphatic carbocycles. The lowest BCUT2D eigenvalue weighted by atomic mass is 10.1. The molecule has 0 radical (unpaired) electrons. The van der Waals surface area contributed by atoms with E-state index in [-0.39, 0.29) is 28.7 Å². The van der Waals surface area contributed by atoms with Crippen LogP contribution in [0, 0.1) is 5.82 Å². The second-order valence-corrected chi connectivity index (χ2v) is 9.91. The van der Waals surface area contributed by atoms with Gasteiger partial charge in [-0.25, -0.2) is 22.8 Å². The number of tetrazole rings is 1. The maximum Gasteiger partial charge on any atom is 0.220 e. The standard InChI is InChI=1S/C18H21ClFN7O3S/c1-31(28,29)14-2-3-16(15(20)8-14)30-11-17-23-25-27(24-17)13-4-6-26(7-5-13)18-21-9-12(19)10-22-18/h2-3,8-9,12-13H,4-7,10-11H2,1H3. The molecule has 1 atom stereocenters. The summed E-state index contributed by atoms with van der Waals surface area (Å²) in [7, 11) is -3.49. The van der Waals surface area contributed by atoms with Gasteiger partial charge in [0.2, 0.25) is 11.8 Å². The third-order valence-corrected chi connectivity index (χ3v) is 6.35. The Morgan fingerprint density at radius 2 is 2.06 bits per heavy atom. The summed E-state index contributed by atoms with van der Waals surface area (Å²) in [5.74, 6) is 0.171. The fraction of sp³-hybridized carbons (Fsp3) is 0.500. The van der Waals surface area contributed by atoms with Crippen LogP contribution in [0.25, 0.3) is 0 Å². The molecule has 1 aromatic heterocycles. The van der Waals surface area contributed by atoms with Crippen LogP contribution in [-0.4, -0.2) is 77.0 Å². The first-order valence-corrected chi connectivity index (χ1v) is 12.0. The fourth-order valence-electron chi connectivity index (χ4n) is 3.32. The van der Waals surface area contributed by atoms with Crippen molar-refractivity contribution in [2.75, 3.05) is 25.9 Å². The summed E-state index contributed by atoms with van der Waals surface area (Å²) in [5.41, 5.74) is 0. The number of piperidine rings is 1. The highest BCUT2D eigenvalue weighted by Gasteiger charge is 2.25. The number of sulfone groups is 1. The van der Waals surface area contributed by atoms with Gasteiger partial charge in [0.1, 0.15) is 0 Å². The number of nitrogens with zero attached hydrogens (tertiary/aromatic N) is 7. The topological polar surface area (TPSA) is 115 Å². The number of benzene rings is 1. The molecule has 13 heteroatoms. The summed E-state index contributed by atoms with van der Waals surface area (Å²) in [4.78, 5) is 12.3. The molecule has 10 nitrogen and oxygen atoms in total. The van der Waals surface area contributed by atoms with Crippen LogP contribution in [-0.2, 0) is 16.4 Å². The van der Waals surface area contributed by atoms with Crippen molar-refractivity contribution in [3.8, 4) is 5.75 Å². The van der Waals surface area contributed by atoms with Gasteiger partial charge < -0.3 is 9.64 Å². The largest absolute Gasteiger partial charge is 0.482 e. The maximum atomic E-state index is 14.1. The van der Waals surface area contributed by atoms with Crippen LogP contribution in [0.3, 0.4) is 0 Å². The Kier molecular flexibility index (Phi) is 6.19. The SMILES string of the molecule is CS(=O)(=O)c1ccc(OCc2nnn(C3CCN(C4=NCC(Cl)C=N4)CC3)n2)c(F)c1. The average Bonchev–Trinajstić information content (AvgIpc) is 3.22. The van der Waals surface area contributed by atoms with E-state index in [9.17, 15) is 12.8 Å². The zero-order valence-corrected chi connectivity index (χ0v) is 18.3. The van der Waals surface area contributed by atoms with Gasteiger partial charge in [-0.2, -0.15) is 4.80 Å². The molecule has 1 saturated heterocycles. The van der Waals surface area contributed by atoms with E-state index in [1.807, 2.05) is 0 Å². The van der Waals surface area contributed by atoms with Crippen molar-refractivity contribution in [2.45, 2.75) is 35.8 Å². The highest BCUT2D eigenvalue weighted by molar-refractivity contribution is 7.90. The van der Waals surface area contributed by atoms with Gasteiger partial charge in [-0.3, -0.25) is 0 Å². The van der Waals surface area contributed by atoms with E-state index in [1.165, 1.54) is 12.1 Å². The zero-order valence-electron chi connectivity index (χ0n) is 16.7. The van der Waals surface area contributed by atoms with Gasteiger partial charge in [0, 0.05) is 25.6 Å². The number of hydrogen-bond acceptors (Lipinski definition) is 9. The first-order chi connectivity index (χ1) is 14.8. The van der Waals surface area contributed by atoms with E-state index in [2.05, 4.69) is 30.3 Å². The lowest BCUT2D eigenvalue weighted by molar-refractivity contribution is 0.232. The first-order valence-electron chi connectivity index (χ1n) is 9.68. The Labute approximate surface area is 183 Å². The van der Waals surface area contributed by atoms with Gasteiger partial charge in [-0.05, 0) is 36.3 Å². The Morgan fingerprint density at radius 3 is 2.71 bits per heavy atom. The summed E-state index contributed by atoms with van der Waals surface area (Å²) in [6.45, 7) is 1.98. The predicted octanol–water partition coefficient (Wildman–Crippen LogP) is 1.48. The first kappa shape index (κ1) is 21.6. The van der Waals surface area contributed by atoms with E-state index < -0.39 is 15.7 Å². The quantitative estimate of drug-likeness (QED) is 0.609. The minimum absolute atomic E-state index is 0.0787. The maximum absolute atomic E-state index is 14.1. The zero-order chi connectivity index (χ0) is 22.0. The number of ether oxygens (including phenoxy) is 1. The van der Waals surface area contributed by atoms with Crippen molar-refractivity contribution < 1.29 is 17.5 Å². The van der Waals surface area contributed by atoms with E-state index in [0.29, 0.717) is 18.3 Å². The smallest absolute Gasteiger partial charge is 0.220 e. The van der Waals surface area contributed by atoms with E-state index in [1.54, 1.807) is 11.0 Å². The molecular formula is C18H21ClFN7O3S. The van der Waals surface area contributed by atoms with Gasteiger partial charge in [0.15, 0.2) is 28.0 Å². The molecular weight excluding hydrogens is 449 g/mol. The summed E-state index contributed by atoms with van der Waals surface area (Å²) in [6.07, 6.45) is 4.33. The highest BCUT2D eigenvalue weighted by Crippen LogP contribution is 2.23. The van der Waals surface area contributed by atoms with Crippen LogP contribution in [0.4, 0.5) is 4.39 Å². The molecule has 166 valence electrons. The number of alkyl halides is 1. The molecule has 0 N–H and O–H groups in total. The van der Waals surface area contributed by atoms with E-state index >= 15 is 0 Å². The molecule has 31 heavy (non-hydrogen) atoms. The summed E-state index contributed by atoms with van der Waals surface area (Å²) < 4.78 is 42.5. The second-order valence-electron chi connectivity index (χ2n) is 7.33. The molecule has 2 aliphatic heterocycles. The molecule has 2 aromatic rings. The molecule has 1 aromatic carbocycles. The van der Waals surface area contributed by atoms with Crippen LogP contribution in [0.5, 0.6) is 5.75 Å². The summed E-state index contributed by atoms with van der Waals surface area (Å²) in [5, 5.41) is 12.3. The normalized spacial score (nSPS) is 20.0. The lowest BCUT2D eigenvalue weighted by Crippen LogP contribution is -2.40. The van der Waals surface area contributed by atoms with Gasteiger partial charge in [-0.15, -0.1) is 21.8 Å². The highest BCUT2D eigenvalue weighted by atomic mass is 35.5. The minimum atomic E-state index is -3.49. The van der Waals surface area contributed by atoms with Crippen molar-refractivity contribution in [1.82, 2.24) is 25.1 Å². The van der Waals surface area contributed by atoms with Crippen molar-refractivity contribution in [2.24, 2.45) is 9.98 Å². The summed E-state index contributed by atoms with van der Waals surface area (Å²) in [6, 6.07) is 3.57. The number of hydrogen-bond donors (Lipinski definition) is 0. The van der Waals surface area contributed by atoms with Crippen LogP contribution >= 0.6 is 11.6 Å². The minimum Gasteiger partial charge on any atom is -0.482 e.